The number of ether oxygens (including phenoxy) is 1. The van der Waals surface area contributed by atoms with Gasteiger partial charge in [-0.15, -0.1) is 5.10 Å². The lowest BCUT2D eigenvalue weighted by molar-refractivity contribution is 0.0888. The largest absolute Gasteiger partial charge is 0.490 e. The standard InChI is InChI=1S/C17H18ClN5O2/c1-23-20-10-16(22-23)17(24)21-12-3-6-13(7-4-12)25-14-5-2-11(9-19)15(18)8-14/h2,5,8,10,12-13H,3-4,6-7H2,1H3,(H,21,24). The second-order valence-electron chi connectivity index (χ2n) is 6.04. The Labute approximate surface area is 150 Å². The normalized spacial score (nSPS) is 19.9. The molecule has 1 amide bonds. The molecular formula is C17H18ClN5O2. The number of hydrogen-bond acceptors (Lipinski definition) is 5. The summed E-state index contributed by atoms with van der Waals surface area (Å²) < 4.78 is 5.94. The highest BCUT2D eigenvalue weighted by Gasteiger charge is 2.24. The average Bonchev–Trinajstić information content (AvgIpc) is 3.03. The zero-order valence-electron chi connectivity index (χ0n) is 13.8. The van der Waals surface area contributed by atoms with Crippen LogP contribution in [0, 0.1) is 11.3 Å². The highest BCUT2D eigenvalue weighted by Crippen LogP contribution is 2.27. The van der Waals surface area contributed by atoms with Crippen LogP contribution in [-0.2, 0) is 7.05 Å². The van der Waals surface area contributed by atoms with Gasteiger partial charge in [-0.25, -0.2) is 0 Å². The van der Waals surface area contributed by atoms with E-state index < -0.39 is 0 Å². The number of nitrogens with zero attached hydrogens (tertiary/aromatic N) is 4. The van der Waals surface area contributed by atoms with Gasteiger partial charge in [0, 0.05) is 19.2 Å². The lowest BCUT2D eigenvalue weighted by Crippen LogP contribution is -2.39. The Morgan fingerprint density at radius 3 is 2.76 bits per heavy atom. The summed E-state index contributed by atoms with van der Waals surface area (Å²) >= 11 is 6.02. The monoisotopic (exact) mass is 359 g/mol. The number of carbonyl (C=O) groups excluding carboxylic acids is 1. The van der Waals surface area contributed by atoms with E-state index >= 15 is 0 Å². The maximum Gasteiger partial charge on any atom is 0.273 e. The molecule has 1 aliphatic carbocycles. The molecule has 1 heterocycles. The second kappa shape index (κ2) is 7.53. The third kappa shape index (κ3) is 4.28. The van der Waals surface area contributed by atoms with Crippen molar-refractivity contribution in [1.82, 2.24) is 20.3 Å². The molecule has 130 valence electrons. The molecule has 0 radical (unpaired) electrons. The third-order valence-electron chi connectivity index (χ3n) is 4.21. The van der Waals surface area contributed by atoms with Gasteiger partial charge in [0.05, 0.1) is 22.9 Å². The van der Waals surface area contributed by atoms with E-state index in [0.29, 0.717) is 22.0 Å². The van der Waals surface area contributed by atoms with Gasteiger partial charge in [0.15, 0.2) is 5.69 Å². The van der Waals surface area contributed by atoms with E-state index in [1.54, 1.807) is 25.2 Å². The summed E-state index contributed by atoms with van der Waals surface area (Å²) in [4.78, 5) is 13.5. The van der Waals surface area contributed by atoms with Crippen molar-refractivity contribution in [2.45, 2.75) is 37.8 Å². The van der Waals surface area contributed by atoms with Crippen molar-refractivity contribution < 1.29 is 9.53 Å². The molecule has 0 spiro atoms. The van der Waals surface area contributed by atoms with Gasteiger partial charge in [0.25, 0.3) is 5.91 Å². The minimum Gasteiger partial charge on any atom is -0.490 e. The summed E-state index contributed by atoms with van der Waals surface area (Å²) in [5, 5.41) is 20.2. The third-order valence-corrected chi connectivity index (χ3v) is 4.52. The molecule has 1 fully saturated rings. The molecule has 8 heteroatoms. The summed E-state index contributed by atoms with van der Waals surface area (Å²) in [6.45, 7) is 0. The zero-order chi connectivity index (χ0) is 17.8. The van der Waals surface area contributed by atoms with Gasteiger partial charge in [-0.1, -0.05) is 11.6 Å². The summed E-state index contributed by atoms with van der Waals surface area (Å²) in [6.07, 6.45) is 4.88. The van der Waals surface area contributed by atoms with E-state index in [9.17, 15) is 4.79 Å². The molecule has 0 saturated heterocycles. The van der Waals surface area contributed by atoms with Crippen LogP contribution in [0.15, 0.2) is 24.4 Å². The Morgan fingerprint density at radius 1 is 1.40 bits per heavy atom. The van der Waals surface area contributed by atoms with Crippen LogP contribution in [-0.4, -0.2) is 33.0 Å². The fraction of sp³-hybridized carbons (Fsp3) is 0.412. The molecule has 3 rings (SSSR count). The number of nitrogens with one attached hydrogen (secondary N) is 1. The predicted molar refractivity (Wildman–Crippen MR) is 91.3 cm³/mol. The minimum absolute atomic E-state index is 0.0775. The molecule has 0 unspecified atom stereocenters. The first kappa shape index (κ1) is 17.2. The Bertz CT molecular complexity index is 806. The molecule has 0 bridgehead atoms. The van der Waals surface area contributed by atoms with Crippen LogP contribution in [0.3, 0.4) is 0 Å². The van der Waals surface area contributed by atoms with Crippen LogP contribution < -0.4 is 10.1 Å². The maximum atomic E-state index is 12.1. The molecule has 25 heavy (non-hydrogen) atoms. The summed E-state index contributed by atoms with van der Waals surface area (Å²) in [5.74, 6) is 0.465. The van der Waals surface area contributed by atoms with Crippen LogP contribution in [0.25, 0.3) is 0 Å². The summed E-state index contributed by atoms with van der Waals surface area (Å²) in [6, 6.07) is 7.22. The Balaban J connectivity index is 1.49. The number of benzene rings is 1. The van der Waals surface area contributed by atoms with Gasteiger partial charge >= 0.3 is 0 Å². The second-order valence-corrected chi connectivity index (χ2v) is 6.44. The number of aryl methyl sites for hydroxylation is 1. The van der Waals surface area contributed by atoms with Crippen molar-refractivity contribution in [1.29, 1.82) is 5.26 Å². The van der Waals surface area contributed by atoms with Gasteiger partial charge in [0.1, 0.15) is 11.8 Å². The first-order valence-electron chi connectivity index (χ1n) is 8.08. The molecule has 1 aromatic heterocycles. The van der Waals surface area contributed by atoms with Crippen molar-refractivity contribution in [3.05, 3.63) is 40.7 Å². The van der Waals surface area contributed by atoms with Gasteiger partial charge in [-0.3, -0.25) is 4.79 Å². The van der Waals surface area contributed by atoms with Gasteiger partial charge in [0.2, 0.25) is 0 Å². The van der Waals surface area contributed by atoms with E-state index in [0.717, 1.165) is 25.7 Å². The number of halogens is 1. The van der Waals surface area contributed by atoms with Gasteiger partial charge < -0.3 is 10.1 Å². The quantitative estimate of drug-likeness (QED) is 0.905. The zero-order valence-corrected chi connectivity index (χ0v) is 14.5. The topological polar surface area (TPSA) is 92.8 Å². The highest BCUT2D eigenvalue weighted by molar-refractivity contribution is 6.31. The van der Waals surface area contributed by atoms with Gasteiger partial charge in [-0.05, 0) is 37.8 Å². The number of carbonyl (C=O) groups is 1. The smallest absolute Gasteiger partial charge is 0.273 e. The lowest BCUT2D eigenvalue weighted by atomic mass is 9.93. The van der Waals surface area contributed by atoms with Crippen LogP contribution >= 0.6 is 11.6 Å². The van der Waals surface area contributed by atoms with Crippen LogP contribution in [0.1, 0.15) is 41.7 Å². The predicted octanol–water partition coefficient (Wildman–Crippen LogP) is 2.46. The van der Waals surface area contributed by atoms with E-state index in [1.165, 1.54) is 11.0 Å². The van der Waals surface area contributed by atoms with Crippen LogP contribution in [0.4, 0.5) is 0 Å². The van der Waals surface area contributed by atoms with Crippen LogP contribution in [0.5, 0.6) is 5.75 Å². The highest BCUT2D eigenvalue weighted by atomic mass is 35.5. The average molecular weight is 360 g/mol. The van der Waals surface area contributed by atoms with Crippen molar-refractivity contribution in [2.24, 2.45) is 7.05 Å². The lowest BCUT2D eigenvalue weighted by Gasteiger charge is -2.29. The van der Waals surface area contributed by atoms with Crippen molar-refractivity contribution in [2.75, 3.05) is 0 Å². The van der Waals surface area contributed by atoms with E-state index in [2.05, 4.69) is 15.5 Å². The maximum absolute atomic E-state index is 12.1. The molecule has 1 aliphatic rings. The first-order chi connectivity index (χ1) is 12.0. The molecule has 2 aromatic rings. The molecule has 7 nitrogen and oxygen atoms in total. The summed E-state index contributed by atoms with van der Waals surface area (Å²) in [7, 11) is 1.68. The van der Waals surface area contributed by atoms with E-state index in [4.69, 9.17) is 21.6 Å². The molecule has 0 atom stereocenters. The fourth-order valence-corrected chi connectivity index (χ4v) is 3.10. The SMILES string of the molecule is Cn1ncc(C(=O)NC2CCC(Oc3ccc(C#N)c(Cl)c3)CC2)n1. The molecule has 1 saturated carbocycles. The minimum atomic E-state index is -0.198. The number of rotatable bonds is 4. The number of aromatic nitrogens is 3. The fourth-order valence-electron chi connectivity index (χ4n) is 2.89. The van der Waals surface area contributed by atoms with E-state index in [-0.39, 0.29) is 18.1 Å². The Hall–Kier alpha value is -2.59. The number of nitriles is 1. The van der Waals surface area contributed by atoms with Crippen molar-refractivity contribution in [3.8, 4) is 11.8 Å². The molecule has 1 aromatic carbocycles. The summed E-state index contributed by atoms with van der Waals surface area (Å²) in [5.41, 5.74) is 0.762. The molecular weight excluding hydrogens is 342 g/mol. The van der Waals surface area contributed by atoms with Crippen LogP contribution in [0.2, 0.25) is 5.02 Å². The molecule has 1 N–H and O–H groups in total. The van der Waals surface area contributed by atoms with Gasteiger partial charge in [-0.2, -0.15) is 15.2 Å². The Morgan fingerprint density at radius 2 is 2.16 bits per heavy atom. The number of hydrogen-bond donors (Lipinski definition) is 1. The first-order valence-corrected chi connectivity index (χ1v) is 8.46. The molecule has 0 aliphatic heterocycles. The van der Waals surface area contributed by atoms with Crippen molar-refractivity contribution in [3.63, 3.8) is 0 Å². The van der Waals surface area contributed by atoms with E-state index in [1.807, 2.05) is 6.07 Å². The van der Waals surface area contributed by atoms with Crippen molar-refractivity contribution >= 4 is 17.5 Å². The Kier molecular flexibility index (Phi) is 5.19. The number of amides is 1.